The van der Waals surface area contributed by atoms with Crippen molar-refractivity contribution >= 4 is 23.0 Å². The molecule has 6 heteroatoms. The van der Waals surface area contributed by atoms with Gasteiger partial charge in [0.2, 0.25) is 0 Å². The Morgan fingerprint density at radius 3 is 3.00 bits per heavy atom. The van der Waals surface area contributed by atoms with Crippen LogP contribution in [-0.2, 0) is 0 Å². The summed E-state index contributed by atoms with van der Waals surface area (Å²) in [5.74, 6) is 0.167. The minimum absolute atomic E-state index is 0.0980. The molecule has 1 aromatic carbocycles. The van der Waals surface area contributed by atoms with Crippen LogP contribution in [0.2, 0.25) is 0 Å². The highest BCUT2D eigenvalue weighted by atomic mass is 32.1. The number of nitrogens with zero attached hydrogens (tertiary/aromatic N) is 1. The highest BCUT2D eigenvalue weighted by Gasteiger charge is 2.34. The predicted molar refractivity (Wildman–Crippen MR) is 76.8 cm³/mol. The summed E-state index contributed by atoms with van der Waals surface area (Å²) in [6, 6.07) is 4.41. The van der Waals surface area contributed by atoms with Crippen molar-refractivity contribution < 1.29 is 9.13 Å². The number of fused-ring (bicyclic) bond motifs is 1. The van der Waals surface area contributed by atoms with Crippen molar-refractivity contribution in [2.24, 2.45) is 10.8 Å². The molecule has 2 rings (SSSR count). The third kappa shape index (κ3) is 3.01. The maximum atomic E-state index is 13.3. The van der Waals surface area contributed by atoms with Gasteiger partial charge in [-0.15, -0.1) is 0 Å². The van der Waals surface area contributed by atoms with Gasteiger partial charge in [0.05, 0.1) is 5.71 Å². The predicted octanol–water partition coefficient (Wildman–Crippen LogP) is 2.31. The number of benzene rings is 1. The Morgan fingerprint density at radius 2 is 2.37 bits per heavy atom. The zero-order chi connectivity index (χ0) is 14.0. The summed E-state index contributed by atoms with van der Waals surface area (Å²) in [7, 11) is 0. The van der Waals surface area contributed by atoms with Gasteiger partial charge in [-0.2, -0.15) is 5.10 Å². The quantitative estimate of drug-likeness (QED) is 0.645. The molecule has 1 heterocycles. The molecule has 19 heavy (non-hydrogen) atoms. The van der Waals surface area contributed by atoms with E-state index in [1.807, 2.05) is 13.8 Å². The molecule has 0 fully saturated rings. The van der Waals surface area contributed by atoms with Crippen LogP contribution in [0.4, 0.5) is 4.39 Å². The van der Waals surface area contributed by atoms with Crippen LogP contribution in [0.25, 0.3) is 0 Å². The molecule has 1 aliphatic rings. The average Bonchev–Trinajstić information content (AvgIpc) is 2.35. The van der Waals surface area contributed by atoms with Gasteiger partial charge in [0.25, 0.3) is 0 Å². The van der Waals surface area contributed by atoms with Crippen LogP contribution in [0.3, 0.4) is 0 Å². The van der Waals surface area contributed by atoms with E-state index in [4.69, 9.17) is 22.7 Å². The first-order valence-corrected chi connectivity index (χ1v) is 6.45. The summed E-state index contributed by atoms with van der Waals surface area (Å²) >= 11 is 4.74. The van der Waals surface area contributed by atoms with Crippen molar-refractivity contribution in [3.8, 4) is 5.75 Å². The summed E-state index contributed by atoms with van der Waals surface area (Å²) in [6.45, 7) is 3.99. The summed E-state index contributed by atoms with van der Waals surface area (Å²) in [6.07, 6.45) is 1.40. The lowest BCUT2D eigenvalue weighted by Gasteiger charge is -2.35. The number of thiocarbonyl (C=S) groups is 1. The summed E-state index contributed by atoms with van der Waals surface area (Å²) in [5, 5.41) is 4.29. The summed E-state index contributed by atoms with van der Waals surface area (Å²) in [5.41, 5.74) is 9.07. The van der Waals surface area contributed by atoms with Gasteiger partial charge in [0, 0.05) is 18.1 Å². The lowest BCUT2D eigenvalue weighted by molar-refractivity contribution is 0.0857. The van der Waals surface area contributed by atoms with Crippen molar-refractivity contribution in [2.45, 2.75) is 32.3 Å². The van der Waals surface area contributed by atoms with Crippen molar-refractivity contribution in [3.63, 3.8) is 0 Å². The second-order valence-corrected chi connectivity index (χ2v) is 5.20. The molecule has 102 valence electrons. The summed E-state index contributed by atoms with van der Waals surface area (Å²) in [4.78, 5) is 0. The maximum absolute atomic E-state index is 13.3. The molecule has 4 nitrogen and oxygen atoms in total. The lowest BCUT2D eigenvalue weighted by Crippen LogP contribution is -2.39. The molecule has 1 aliphatic heterocycles. The van der Waals surface area contributed by atoms with E-state index in [0.29, 0.717) is 12.2 Å². The van der Waals surface area contributed by atoms with Crippen LogP contribution in [0.5, 0.6) is 5.75 Å². The third-order valence-corrected chi connectivity index (χ3v) is 3.29. The third-order valence-electron chi connectivity index (χ3n) is 3.20. The van der Waals surface area contributed by atoms with Crippen LogP contribution < -0.4 is 15.9 Å². The Labute approximate surface area is 116 Å². The van der Waals surface area contributed by atoms with Gasteiger partial charge >= 0.3 is 0 Å². The Bertz CT molecular complexity index is 547. The van der Waals surface area contributed by atoms with Gasteiger partial charge < -0.3 is 10.5 Å². The molecule has 0 radical (unpaired) electrons. The van der Waals surface area contributed by atoms with Crippen molar-refractivity contribution in [1.29, 1.82) is 0 Å². The van der Waals surface area contributed by atoms with Gasteiger partial charge in [0.15, 0.2) is 5.11 Å². The van der Waals surface area contributed by atoms with Crippen LogP contribution in [0.15, 0.2) is 23.3 Å². The Morgan fingerprint density at radius 1 is 1.63 bits per heavy atom. The number of hydrogen-bond donors (Lipinski definition) is 2. The number of nitrogens with one attached hydrogen (secondary N) is 1. The zero-order valence-corrected chi connectivity index (χ0v) is 11.7. The molecule has 0 spiro atoms. The van der Waals surface area contributed by atoms with Crippen molar-refractivity contribution in [2.75, 3.05) is 0 Å². The second-order valence-electron chi connectivity index (χ2n) is 4.76. The normalized spacial score (nSPS) is 23.6. The van der Waals surface area contributed by atoms with Crippen LogP contribution >= 0.6 is 12.2 Å². The smallest absolute Gasteiger partial charge is 0.184 e. The van der Waals surface area contributed by atoms with Gasteiger partial charge in [-0.25, -0.2) is 4.39 Å². The van der Waals surface area contributed by atoms with E-state index in [1.165, 1.54) is 12.1 Å². The van der Waals surface area contributed by atoms with Crippen LogP contribution in [-0.4, -0.2) is 16.4 Å². The zero-order valence-electron chi connectivity index (χ0n) is 10.9. The fourth-order valence-corrected chi connectivity index (χ4v) is 2.04. The van der Waals surface area contributed by atoms with Gasteiger partial charge in [-0.3, -0.25) is 5.43 Å². The van der Waals surface area contributed by atoms with Crippen molar-refractivity contribution in [3.05, 3.63) is 29.6 Å². The molecule has 0 bridgehead atoms. The van der Waals surface area contributed by atoms with E-state index < -0.39 is 5.60 Å². The van der Waals surface area contributed by atoms with E-state index in [1.54, 1.807) is 6.07 Å². The van der Waals surface area contributed by atoms with E-state index in [0.717, 1.165) is 17.7 Å². The molecule has 1 aromatic rings. The van der Waals surface area contributed by atoms with Crippen molar-refractivity contribution in [1.82, 2.24) is 5.43 Å². The number of hydrazone groups is 1. The average molecular weight is 281 g/mol. The topological polar surface area (TPSA) is 59.6 Å². The number of halogens is 1. The number of ether oxygens (including phenoxy) is 1. The minimum atomic E-state index is -0.405. The maximum Gasteiger partial charge on any atom is 0.184 e. The fraction of sp³-hybridized carbons (Fsp3) is 0.385. The first-order chi connectivity index (χ1) is 8.93. The van der Waals surface area contributed by atoms with Crippen LogP contribution in [0.1, 0.15) is 32.3 Å². The Hall–Kier alpha value is -1.69. The molecule has 1 unspecified atom stereocenters. The fourth-order valence-electron chi connectivity index (χ4n) is 1.99. The minimum Gasteiger partial charge on any atom is -0.486 e. The molecular formula is C13H16FN3OS. The Kier molecular flexibility index (Phi) is 3.71. The molecule has 0 amide bonds. The van der Waals surface area contributed by atoms with E-state index in [9.17, 15) is 4.39 Å². The molecule has 1 atom stereocenters. The summed E-state index contributed by atoms with van der Waals surface area (Å²) < 4.78 is 19.2. The standard InChI is InChI=1S/C13H16FN3OS/c1-3-13(2)7-10(16-17-12(15)19)9-5-4-8(14)6-11(9)18-13/h4-6H,3,7H2,1-2H3,(H3,15,17,19)/b16-10+. The van der Waals surface area contributed by atoms with E-state index >= 15 is 0 Å². The second kappa shape index (κ2) is 5.13. The number of hydrogen-bond acceptors (Lipinski definition) is 3. The lowest BCUT2D eigenvalue weighted by atomic mass is 9.89. The largest absolute Gasteiger partial charge is 0.486 e. The van der Waals surface area contributed by atoms with Gasteiger partial charge in [-0.1, -0.05) is 6.92 Å². The molecular weight excluding hydrogens is 265 g/mol. The SMILES string of the molecule is CCC1(C)C/C(=N\NC(N)=S)c2ccc(F)cc2O1. The first kappa shape index (κ1) is 13.7. The van der Waals surface area contributed by atoms with Gasteiger partial charge in [0.1, 0.15) is 17.2 Å². The first-order valence-electron chi connectivity index (χ1n) is 6.04. The molecule has 0 saturated carbocycles. The Balaban J connectivity index is 2.44. The van der Waals surface area contributed by atoms with Gasteiger partial charge in [-0.05, 0) is 37.7 Å². The molecule has 0 saturated heterocycles. The molecule has 0 aromatic heterocycles. The highest BCUT2D eigenvalue weighted by molar-refractivity contribution is 7.80. The van der Waals surface area contributed by atoms with E-state index in [-0.39, 0.29) is 10.9 Å². The molecule has 0 aliphatic carbocycles. The monoisotopic (exact) mass is 281 g/mol. The number of nitrogens with two attached hydrogens (primary N) is 1. The van der Waals surface area contributed by atoms with E-state index in [2.05, 4.69) is 10.5 Å². The highest BCUT2D eigenvalue weighted by Crippen LogP contribution is 2.35. The number of rotatable bonds is 2. The molecule has 3 N–H and O–H groups in total. The van der Waals surface area contributed by atoms with Crippen LogP contribution in [0, 0.1) is 5.82 Å².